The minimum absolute atomic E-state index is 0.107. The second-order valence-electron chi connectivity index (χ2n) is 9.76. The van der Waals surface area contributed by atoms with Crippen molar-refractivity contribution in [2.45, 2.75) is 19.8 Å². The molecular weight excluding hydrogens is 545 g/mol. The molecule has 10 nitrogen and oxygen atoms in total. The summed E-state index contributed by atoms with van der Waals surface area (Å²) in [4.78, 5) is 35.3. The molecule has 0 bridgehead atoms. The van der Waals surface area contributed by atoms with Crippen LogP contribution in [0.1, 0.15) is 23.9 Å². The van der Waals surface area contributed by atoms with E-state index in [9.17, 15) is 9.18 Å². The Hall–Kier alpha value is -4.52. The first kappa shape index (κ1) is 26.7. The summed E-state index contributed by atoms with van der Waals surface area (Å²) in [6.07, 6.45) is 4.02. The standard InChI is InChI=1S/C29H26FN7O3S/c1-29(27(38)34-20-4-2-11-31-14-20)16-39-26(40-17-29)25-36-23(18-6-8-19(30)9-7-18)24(37-25)22-10-12-32-28(35-22)33-15-21-5-3-13-41-21/h2-14,26H,15-17H2,1H3,(H,34,38)(H,36,37)(H,32,33,35). The number of pyridine rings is 1. The molecule has 1 aliphatic rings. The van der Waals surface area contributed by atoms with Crippen molar-refractivity contribution in [1.82, 2.24) is 24.9 Å². The Kier molecular flexibility index (Phi) is 7.51. The number of ether oxygens (including phenoxy) is 2. The molecule has 1 amide bonds. The summed E-state index contributed by atoms with van der Waals surface area (Å²) in [5, 5.41) is 8.12. The number of halogens is 1. The number of thiophene rings is 1. The zero-order valence-electron chi connectivity index (χ0n) is 22.0. The zero-order valence-corrected chi connectivity index (χ0v) is 22.8. The normalized spacial score (nSPS) is 18.6. The van der Waals surface area contributed by atoms with Gasteiger partial charge < -0.3 is 25.1 Å². The van der Waals surface area contributed by atoms with Gasteiger partial charge in [-0.1, -0.05) is 6.07 Å². The van der Waals surface area contributed by atoms with Crippen molar-refractivity contribution in [1.29, 1.82) is 0 Å². The van der Waals surface area contributed by atoms with Gasteiger partial charge in [-0.05, 0) is 60.8 Å². The van der Waals surface area contributed by atoms with Crippen LogP contribution in [0.2, 0.25) is 0 Å². The van der Waals surface area contributed by atoms with Gasteiger partial charge in [-0.2, -0.15) is 0 Å². The number of nitrogens with zero attached hydrogens (tertiary/aromatic N) is 4. The van der Waals surface area contributed by atoms with Gasteiger partial charge in [0.15, 0.2) is 5.82 Å². The lowest BCUT2D eigenvalue weighted by Crippen LogP contribution is -2.45. The van der Waals surface area contributed by atoms with Gasteiger partial charge in [0.05, 0.1) is 54.1 Å². The molecule has 1 aliphatic heterocycles. The summed E-state index contributed by atoms with van der Waals surface area (Å²) in [6.45, 7) is 2.58. The lowest BCUT2D eigenvalue weighted by atomic mass is 9.91. The summed E-state index contributed by atoms with van der Waals surface area (Å²) in [5.74, 6) is 0.272. The van der Waals surface area contributed by atoms with Crippen molar-refractivity contribution in [3.63, 3.8) is 0 Å². The Morgan fingerprint density at radius 3 is 2.66 bits per heavy atom. The highest BCUT2D eigenvalue weighted by molar-refractivity contribution is 7.09. The number of carbonyl (C=O) groups excluding carboxylic acids is 1. The molecule has 0 atom stereocenters. The van der Waals surface area contributed by atoms with Crippen LogP contribution in [0.3, 0.4) is 0 Å². The molecule has 0 unspecified atom stereocenters. The van der Waals surface area contributed by atoms with E-state index in [0.29, 0.717) is 46.7 Å². The molecule has 0 radical (unpaired) electrons. The summed E-state index contributed by atoms with van der Waals surface area (Å²) >= 11 is 1.64. The average Bonchev–Trinajstić information content (AvgIpc) is 3.69. The van der Waals surface area contributed by atoms with Crippen LogP contribution in [-0.4, -0.2) is 44.0 Å². The predicted octanol–water partition coefficient (Wildman–Crippen LogP) is 5.43. The fourth-order valence-electron chi connectivity index (χ4n) is 4.28. The van der Waals surface area contributed by atoms with Gasteiger partial charge in [0, 0.05) is 22.8 Å². The molecule has 6 rings (SSSR count). The number of hydrogen-bond donors (Lipinski definition) is 3. The minimum Gasteiger partial charge on any atom is -0.349 e. The van der Waals surface area contributed by atoms with Crippen LogP contribution in [0, 0.1) is 11.2 Å². The van der Waals surface area contributed by atoms with Crippen molar-refractivity contribution < 1.29 is 18.7 Å². The van der Waals surface area contributed by atoms with Crippen molar-refractivity contribution in [3.05, 3.63) is 95.1 Å². The van der Waals surface area contributed by atoms with Crippen LogP contribution in [0.5, 0.6) is 0 Å². The Labute approximate surface area is 239 Å². The Bertz CT molecular complexity index is 1620. The molecule has 5 heterocycles. The fraction of sp³-hybridized carbons (Fsp3) is 0.207. The number of aromatic amines is 1. The number of H-pyrrole nitrogens is 1. The Balaban J connectivity index is 1.24. The van der Waals surface area contributed by atoms with E-state index >= 15 is 0 Å². The summed E-state index contributed by atoms with van der Waals surface area (Å²) < 4.78 is 25.7. The fourth-order valence-corrected chi connectivity index (χ4v) is 4.93. The quantitative estimate of drug-likeness (QED) is 0.225. The van der Waals surface area contributed by atoms with E-state index in [2.05, 4.69) is 30.6 Å². The van der Waals surface area contributed by atoms with E-state index in [1.54, 1.807) is 67.2 Å². The number of aromatic nitrogens is 5. The molecule has 5 aromatic rings. The maximum Gasteiger partial charge on any atom is 0.235 e. The van der Waals surface area contributed by atoms with Gasteiger partial charge in [-0.3, -0.25) is 9.78 Å². The van der Waals surface area contributed by atoms with Gasteiger partial charge in [0.1, 0.15) is 5.82 Å². The first-order valence-electron chi connectivity index (χ1n) is 12.9. The van der Waals surface area contributed by atoms with Crippen LogP contribution >= 0.6 is 11.3 Å². The number of imidazole rings is 1. The van der Waals surface area contributed by atoms with Gasteiger partial charge in [-0.15, -0.1) is 11.3 Å². The molecule has 4 aromatic heterocycles. The monoisotopic (exact) mass is 571 g/mol. The maximum absolute atomic E-state index is 13.7. The molecule has 1 saturated heterocycles. The third-order valence-corrected chi connectivity index (χ3v) is 7.43. The van der Waals surface area contributed by atoms with Crippen LogP contribution < -0.4 is 10.6 Å². The van der Waals surface area contributed by atoms with E-state index < -0.39 is 11.7 Å². The van der Waals surface area contributed by atoms with E-state index in [-0.39, 0.29) is 24.9 Å². The van der Waals surface area contributed by atoms with Gasteiger partial charge >= 0.3 is 0 Å². The highest BCUT2D eigenvalue weighted by Crippen LogP contribution is 2.36. The average molecular weight is 572 g/mol. The molecular formula is C29H26FN7O3S. The number of hydrogen-bond acceptors (Lipinski definition) is 9. The van der Waals surface area contributed by atoms with Crippen LogP contribution in [0.15, 0.2) is 78.6 Å². The summed E-state index contributed by atoms with van der Waals surface area (Å²) in [7, 11) is 0. The van der Waals surface area contributed by atoms with E-state index in [0.717, 1.165) is 4.88 Å². The lowest BCUT2D eigenvalue weighted by Gasteiger charge is -2.35. The Morgan fingerprint density at radius 1 is 1.10 bits per heavy atom. The smallest absolute Gasteiger partial charge is 0.235 e. The van der Waals surface area contributed by atoms with Crippen molar-refractivity contribution in [2.24, 2.45) is 5.41 Å². The molecule has 0 spiro atoms. The first-order valence-corrected chi connectivity index (χ1v) is 13.7. The number of nitrogens with one attached hydrogen (secondary N) is 3. The molecule has 12 heteroatoms. The lowest BCUT2D eigenvalue weighted by molar-refractivity contribution is -0.229. The highest BCUT2D eigenvalue weighted by Gasteiger charge is 2.41. The third-order valence-electron chi connectivity index (χ3n) is 6.55. The topological polar surface area (TPSA) is 127 Å². The molecule has 0 aliphatic carbocycles. The van der Waals surface area contributed by atoms with Gasteiger partial charge in [-0.25, -0.2) is 19.3 Å². The molecule has 1 fully saturated rings. The van der Waals surface area contributed by atoms with Crippen LogP contribution in [0.4, 0.5) is 16.0 Å². The van der Waals surface area contributed by atoms with Crippen molar-refractivity contribution >= 4 is 28.9 Å². The number of carbonyl (C=O) groups is 1. The second-order valence-corrected chi connectivity index (χ2v) is 10.8. The van der Waals surface area contributed by atoms with E-state index in [1.807, 2.05) is 17.5 Å². The minimum atomic E-state index is -0.919. The van der Waals surface area contributed by atoms with Crippen LogP contribution in [0.25, 0.3) is 22.6 Å². The van der Waals surface area contributed by atoms with Crippen molar-refractivity contribution in [3.8, 4) is 22.6 Å². The maximum atomic E-state index is 13.7. The number of rotatable bonds is 8. The van der Waals surface area contributed by atoms with Crippen LogP contribution in [-0.2, 0) is 20.8 Å². The van der Waals surface area contributed by atoms with Gasteiger partial charge in [0.25, 0.3) is 0 Å². The third kappa shape index (κ3) is 5.99. The molecule has 3 N–H and O–H groups in total. The zero-order chi connectivity index (χ0) is 28.2. The number of amides is 1. The van der Waals surface area contributed by atoms with E-state index in [4.69, 9.17) is 14.5 Å². The SMILES string of the molecule is CC1(C(=O)Nc2cccnc2)COC(c2nc(-c3ccc(F)cc3)c(-c3ccnc(NCc4cccs4)n3)[nH]2)OC1. The second kappa shape index (κ2) is 11.5. The number of anilines is 2. The first-order chi connectivity index (χ1) is 20.0. The molecule has 1 aromatic carbocycles. The van der Waals surface area contributed by atoms with E-state index in [1.165, 1.54) is 12.1 Å². The molecule has 208 valence electrons. The summed E-state index contributed by atoms with van der Waals surface area (Å²) in [5.41, 5.74) is 2.10. The van der Waals surface area contributed by atoms with Gasteiger partial charge in [0.2, 0.25) is 18.1 Å². The molecule has 41 heavy (non-hydrogen) atoms. The molecule has 0 saturated carbocycles. The highest BCUT2D eigenvalue weighted by atomic mass is 32.1. The van der Waals surface area contributed by atoms with Crippen molar-refractivity contribution in [2.75, 3.05) is 23.8 Å². The predicted molar refractivity (Wildman–Crippen MR) is 152 cm³/mol. The number of benzene rings is 1. The summed E-state index contributed by atoms with van der Waals surface area (Å²) in [6, 6.07) is 15.4. The Morgan fingerprint density at radius 2 is 1.93 bits per heavy atom. The largest absolute Gasteiger partial charge is 0.349 e.